The third-order valence-corrected chi connectivity index (χ3v) is 3.70. The van der Waals surface area contributed by atoms with Crippen molar-refractivity contribution in [2.24, 2.45) is 5.73 Å². The molecule has 0 spiro atoms. The van der Waals surface area contributed by atoms with Gasteiger partial charge in [-0.1, -0.05) is 19.1 Å². The van der Waals surface area contributed by atoms with Gasteiger partial charge in [0.1, 0.15) is 11.9 Å². The largest absolute Gasteiger partial charge is 0.329 e. The molecule has 0 aliphatic heterocycles. The highest BCUT2D eigenvalue weighted by molar-refractivity contribution is 5.85. The van der Waals surface area contributed by atoms with Gasteiger partial charge in [-0.25, -0.2) is 4.39 Å². The summed E-state index contributed by atoms with van der Waals surface area (Å²) in [6.45, 7) is 3.40. The molecule has 0 amide bonds. The molecule has 2 N–H and O–H groups in total. The Labute approximate surface area is 126 Å². The molecule has 20 heavy (non-hydrogen) atoms. The average molecular weight is 298 g/mol. The predicted octanol–water partition coefficient (Wildman–Crippen LogP) is 2.99. The van der Waals surface area contributed by atoms with E-state index in [4.69, 9.17) is 11.0 Å². The summed E-state index contributed by atoms with van der Waals surface area (Å²) in [6.07, 6.45) is 3.15. The van der Waals surface area contributed by atoms with E-state index in [1.807, 2.05) is 6.07 Å². The molecule has 0 radical (unpaired) electrons. The van der Waals surface area contributed by atoms with Crippen LogP contribution in [0.1, 0.15) is 43.4 Å². The molecule has 1 atom stereocenters. The summed E-state index contributed by atoms with van der Waals surface area (Å²) in [7, 11) is 0. The minimum atomic E-state index is -0.375. The third kappa shape index (κ3) is 3.49. The SMILES string of the molecule is CCC(c1cccc(C#N)c1F)N(CCN)C1CC1.Cl. The van der Waals surface area contributed by atoms with Crippen molar-refractivity contribution in [2.45, 2.75) is 38.3 Å². The maximum absolute atomic E-state index is 14.3. The highest BCUT2D eigenvalue weighted by Crippen LogP contribution is 2.36. The van der Waals surface area contributed by atoms with Crippen LogP contribution in [-0.2, 0) is 0 Å². The highest BCUT2D eigenvalue weighted by Gasteiger charge is 2.34. The molecule has 0 bridgehead atoms. The molecule has 1 saturated carbocycles. The molecule has 5 heteroatoms. The molecule has 1 unspecified atom stereocenters. The number of benzene rings is 1. The van der Waals surface area contributed by atoms with Crippen molar-refractivity contribution in [3.05, 3.63) is 35.1 Å². The minimum Gasteiger partial charge on any atom is -0.329 e. The Morgan fingerprint density at radius 2 is 2.20 bits per heavy atom. The Morgan fingerprint density at radius 1 is 1.50 bits per heavy atom. The van der Waals surface area contributed by atoms with E-state index < -0.39 is 0 Å². The van der Waals surface area contributed by atoms with Crippen LogP contribution in [0.5, 0.6) is 0 Å². The zero-order valence-corrected chi connectivity index (χ0v) is 12.5. The van der Waals surface area contributed by atoms with E-state index in [1.54, 1.807) is 12.1 Å². The van der Waals surface area contributed by atoms with Crippen molar-refractivity contribution in [3.63, 3.8) is 0 Å². The number of hydrogen-bond acceptors (Lipinski definition) is 3. The lowest BCUT2D eigenvalue weighted by molar-refractivity contribution is 0.183. The molecule has 0 saturated heterocycles. The van der Waals surface area contributed by atoms with Gasteiger partial charge >= 0.3 is 0 Å². The van der Waals surface area contributed by atoms with E-state index in [-0.39, 0.29) is 29.8 Å². The Balaban J connectivity index is 0.00000200. The van der Waals surface area contributed by atoms with Crippen molar-refractivity contribution in [3.8, 4) is 6.07 Å². The molecule has 0 heterocycles. The molecule has 1 fully saturated rings. The summed E-state index contributed by atoms with van der Waals surface area (Å²) in [6, 6.07) is 7.53. The molecule has 1 aliphatic carbocycles. The van der Waals surface area contributed by atoms with Gasteiger partial charge in [-0.15, -0.1) is 12.4 Å². The quantitative estimate of drug-likeness (QED) is 0.878. The second kappa shape index (κ2) is 7.58. The fourth-order valence-corrected chi connectivity index (χ4v) is 2.67. The topological polar surface area (TPSA) is 53.0 Å². The van der Waals surface area contributed by atoms with E-state index in [9.17, 15) is 4.39 Å². The maximum Gasteiger partial charge on any atom is 0.145 e. The Morgan fingerprint density at radius 3 is 2.70 bits per heavy atom. The van der Waals surface area contributed by atoms with Crippen LogP contribution in [0.15, 0.2) is 18.2 Å². The van der Waals surface area contributed by atoms with Crippen molar-refractivity contribution in [1.82, 2.24) is 4.90 Å². The lowest BCUT2D eigenvalue weighted by Gasteiger charge is -2.31. The molecule has 1 aliphatic rings. The number of nitriles is 1. The first-order valence-corrected chi connectivity index (χ1v) is 6.87. The van der Waals surface area contributed by atoms with Crippen LogP contribution in [0, 0.1) is 17.1 Å². The second-order valence-corrected chi connectivity index (χ2v) is 5.00. The van der Waals surface area contributed by atoms with Crippen LogP contribution in [0.25, 0.3) is 0 Å². The third-order valence-electron chi connectivity index (χ3n) is 3.70. The summed E-state index contributed by atoms with van der Waals surface area (Å²) in [5.74, 6) is -0.375. The molecule has 0 aromatic heterocycles. The first-order chi connectivity index (χ1) is 9.22. The molecule has 2 rings (SSSR count). The molecular weight excluding hydrogens is 277 g/mol. The normalized spacial score (nSPS) is 15.6. The van der Waals surface area contributed by atoms with Crippen LogP contribution in [-0.4, -0.2) is 24.0 Å². The number of nitrogens with two attached hydrogens (primary N) is 1. The van der Waals surface area contributed by atoms with Crippen LogP contribution in [0.3, 0.4) is 0 Å². The second-order valence-electron chi connectivity index (χ2n) is 5.00. The van der Waals surface area contributed by atoms with Crippen LogP contribution in [0.2, 0.25) is 0 Å². The van der Waals surface area contributed by atoms with Crippen LogP contribution >= 0.6 is 12.4 Å². The number of rotatable bonds is 6. The molecule has 1 aromatic rings. The lowest BCUT2D eigenvalue weighted by Crippen LogP contribution is -2.35. The average Bonchev–Trinajstić information content (AvgIpc) is 3.24. The fraction of sp³-hybridized carbons (Fsp3) is 0.533. The van der Waals surface area contributed by atoms with Gasteiger partial charge in [0.2, 0.25) is 0 Å². The predicted molar refractivity (Wildman–Crippen MR) is 80.2 cm³/mol. The van der Waals surface area contributed by atoms with Crippen molar-refractivity contribution in [1.29, 1.82) is 5.26 Å². The van der Waals surface area contributed by atoms with Gasteiger partial charge in [0, 0.05) is 30.7 Å². The Kier molecular flexibility index (Phi) is 6.41. The standard InChI is InChI=1S/C15H20FN3.ClH/c1-2-14(19(9-8-17)12-6-7-12)13-5-3-4-11(10-18)15(13)16;/h3-5,12,14H,2,6-9,17H2,1H3;1H. The first-order valence-electron chi connectivity index (χ1n) is 6.87. The van der Waals surface area contributed by atoms with Gasteiger partial charge in [0.25, 0.3) is 0 Å². The van der Waals surface area contributed by atoms with Gasteiger partial charge < -0.3 is 5.73 Å². The Bertz CT molecular complexity index is 482. The maximum atomic E-state index is 14.3. The smallest absolute Gasteiger partial charge is 0.145 e. The first kappa shape index (κ1) is 16.9. The minimum absolute atomic E-state index is 0. The monoisotopic (exact) mass is 297 g/mol. The van der Waals surface area contributed by atoms with Crippen LogP contribution in [0.4, 0.5) is 4.39 Å². The molecular formula is C15H21ClFN3. The Hall–Kier alpha value is -1.15. The summed E-state index contributed by atoms with van der Waals surface area (Å²) in [4.78, 5) is 2.29. The summed E-state index contributed by atoms with van der Waals surface area (Å²) < 4.78 is 14.3. The van der Waals surface area contributed by atoms with Gasteiger partial charge in [-0.2, -0.15) is 5.26 Å². The van der Waals surface area contributed by atoms with Gasteiger partial charge in [-0.3, -0.25) is 4.90 Å². The van der Waals surface area contributed by atoms with E-state index in [1.165, 1.54) is 6.07 Å². The van der Waals surface area contributed by atoms with E-state index >= 15 is 0 Å². The molecule has 110 valence electrons. The van der Waals surface area contributed by atoms with E-state index in [2.05, 4.69) is 11.8 Å². The molecule has 3 nitrogen and oxygen atoms in total. The summed E-state index contributed by atoms with van der Waals surface area (Å²) in [5.41, 5.74) is 6.42. The lowest BCUT2D eigenvalue weighted by atomic mass is 9.99. The van der Waals surface area contributed by atoms with Gasteiger partial charge in [0.05, 0.1) is 5.56 Å². The summed E-state index contributed by atoms with van der Waals surface area (Å²) >= 11 is 0. The summed E-state index contributed by atoms with van der Waals surface area (Å²) in [5, 5.41) is 8.94. The van der Waals surface area contributed by atoms with Crippen LogP contribution < -0.4 is 5.73 Å². The van der Waals surface area contributed by atoms with E-state index in [0.29, 0.717) is 18.2 Å². The highest BCUT2D eigenvalue weighted by atomic mass is 35.5. The number of hydrogen-bond donors (Lipinski definition) is 1. The zero-order chi connectivity index (χ0) is 13.8. The molecule has 1 aromatic carbocycles. The van der Waals surface area contributed by atoms with E-state index in [0.717, 1.165) is 25.8 Å². The van der Waals surface area contributed by atoms with Crippen molar-refractivity contribution in [2.75, 3.05) is 13.1 Å². The zero-order valence-electron chi connectivity index (χ0n) is 11.7. The van der Waals surface area contributed by atoms with Gasteiger partial charge in [0.15, 0.2) is 0 Å². The number of halogens is 2. The fourth-order valence-electron chi connectivity index (χ4n) is 2.67. The van der Waals surface area contributed by atoms with Gasteiger partial charge in [-0.05, 0) is 25.3 Å². The number of nitrogens with zero attached hydrogens (tertiary/aromatic N) is 2. The van der Waals surface area contributed by atoms with Crippen molar-refractivity contribution < 1.29 is 4.39 Å². The van der Waals surface area contributed by atoms with Crippen molar-refractivity contribution >= 4 is 12.4 Å².